The third-order valence-corrected chi connectivity index (χ3v) is 6.18. The predicted octanol–water partition coefficient (Wildman–Crippen LogP) is 5.91. The number of nitrogens with zero attached hydrogens (tertiary/aromatic N) is 2. The molecule has 34 heavy (non-hydrogen) atoms. The minimum Gasteiger partial charge on any atom is -0.497 e. The Morgan fingerprint density at radius 1 is 0.971 bits per heavy atom. The first kappa shape index (κ1) is 23.7. The van der Waals surface area contributed by atoms with Crippen molar-refractivity contribution in [2.24, 2.45) is 4.99 Å². The quantitative estimate of drug-likeness (QED) is 0.287. The summed E-state index contributed by atoms with van der Waals surface area (Å²) in [6, 6.07) is 22.1. The van der Waals surface area contributed by atoms with Crippen molar-refractivity contribution in [2.45, 2.75) is 0 Å². The molecule has 0 aliphatic carbocycles. The van der Waals surface area contributed by atoms with Crippen LogP contribution in [0.4, 0.5) is 5.69 Å². The van der Waals surface area contributed by atoms with E-state index in [0.29, 0.717) is 45.4 Å². The molecule has 0 N–H and O–H groups in total. The first-order valence-electron chi connectivity index (χ1n) is 10.5. The molecule has 0 aromatic heterocycles. The predicted molar refractivity (Wildman–Crippen MR) is 138 cm³/mol. The lowest BCUT2D eigenvalue weighted by molar-refractivity contribution is -0.113. The summed E-state index contributed by atoms with van der Waals surface area (Å²) in [4.78, 5) is 19.6. The topological polar surface area (TPSA) is 60.4 Å². The van der Waals surface area contributed by atoms with Crippen LogP contribution >= 0.6 is 23.4 Å². The van der Waals surface area contributed by atoms with E-state index in [-0.39, 0.29) is 5.91 Å². The first-order valence-corrected chi connectivity index (χ1v) is 11.9. The molecule has 1 aliphatic heterocycles. The fourth-order valence-electron chi connectivity index (χ4n) is 3.27. The molecule has 0 saturated carbocycles. The summed E-state index contributed by atoms with van der Waals surface area (Å²) in [5.41, 5.74) is 1.88. The molecule has 8 heteroatoms. The Morgan fingerprint density at radius 3 is 2.47 bits per heavy atom. The van der Waals surface area contributed by atoms with E-state index in [0.717, 1.165) is 11.3 Å². The van der Waals surface area contributed by atoms with Crippen molar-refractivity contribution < 1.29 is 19.0 Å². The van der Waals surface area contributed by atoms with Crippen molar-refractivity contribution in [1.82, 2.24) is 0 Å². The summed E-state index contributed by atoms with van der Waals surface area (Å²) in [5.74, 6) is 2.39. The molecular formula is C26H23ClN2O4S. The minimum atomic E-state index is -0.210. The Morgan fingerprint density at radius 2 is 1.74 bits per heavy atom. The van der Waals surface area contributed by atoms with E-state index < -0.39 is 0 Å². The third-order valence-electron chi connectivity index (χ3n) is 4.97. The Balaban J connectivity index is 1.55. The molecule has 174 valence electrons. The van der Waals surface area contributed by atoms with Crippen LogP contribution in [0.5, 0.6) is 17.2 Å². The number of hydrogen-bond donors (Lipinski definition) is 0. The van der Waals surface area contributed by atoms with Crippen molar-refractivity contribution in [3.8, 4) is 17.2 Å². The highest BCUT2D eigenvalue weighted by molar-refractivity contribution is 8.14. The van der Waals surface area contributed by atoms with Crippen LogP contribution in [0.15, 0.2) is 83.5 Å². The van der Waals surface area contributed by atoms with Gasteiger partial charge in [-0.2, -0.15) is 0 Å². The molecule has 3 aromatic carbocycles. The summed E-state index contributed by atoms with van der Waals surface area (Å²) >= 11 is 7.60. The molecule has 0 unspecified atom stereocenters. The van der Waals surface area contributed by atoms with E-state index in [2.05, 4.69) is 4.99 Å². The lowest BCUT2D eigenvalue weighted by Crippen LogP contribution is -2.30. The molecule has 0 saturated heterocycles. The van der Waals surface area contributed by atoms with Crippen LogP contribution in [0, 0.1) is 0 Å². The molecule has 1 aliphatic rings. The van der Waals surface area contributed by atoms with Crippen LogP contribution in [0.3, 0.4) is 0 Å². The second-order valence-corrected chi connectivity index (χ2v) is 8.64. The minimum absolute atomic E-state index is 0.210. The summed E-state index contributed by atoms with van der Waals surface area (Å²) < 4.78 is 16.3. The van der Waals surface area contributed by atoms with E-state index >= 15 is 0 Å². The molecule has 0 fully saturated rings. The maximum absolute atomic E-state index is 13.4. The van der Waals surface area contributed by atoms with Crippen LogP contribution in [0.2, 0.25) is 5.02 Å². The molecular weight excluding hydrogens is 472 g/mol. The number of carbonyl (C=O) groups is 1. The fraction of sp³-hybridized carbons (Fsp3) is 0.154. The number of ether oxygens (including phenoxy) is 3. The van der Waals surface area contributed by atoms with Gasteiger partial charge in [0.2, 0.25) is 0 Å². The number of amides is 1. The number of benzene rings is 3. The average molecular weight is 495 g/mol. The third kappa shape index (κ3) is 5.55. The van der Waals surface area contributed by atoms with Crippen molar-refractivity contribution in [1.29, 1.82) is 0 Å². The molecule has 0 radical (unpaired) electrons. The van der Waals surface area contributed by atoms with Crippen molar-refractivity contribution in [3.63, 3.8) is 0 Å². The van der Waals surface area contributed by atoms with Gasteiger partial charge in [-0.25, -0.2) is 4.99 Å². The van der Waals surface area contributed by atoms with Crippen LogP contribution in [-0.2, 0) is 4.79 Å². The molecule has 0 spiro atoms. The van der Waals surface area contributed by atoms with Gasteiger partial charge in [-0.15, -0.1) is 0 Å². The summed E-state index contributed by atoms with van der Waals surface area (Å²) in [5, 5.41) is 1.13. The zero-order valence-electron chi connectivity index (χ0n) is 18.7. The van der Waals surface area contributed by atoms with E-state index in [9.17, 15) is 4.79 Å². The smallest absolute Gasteiger partial charge is 0.283 e. The van der Waals surface area contributed by atoms with Gasteiger partial charge in [-0.1, -0.05) is 53.7 Å². The van der Waals surface area contributed by atoms with Crippen molar-refractivity contribution in [2.75, 3.05) is 31.5 Å². The number of hydrogen-bond acceptors (Lipinski definition) is 6. The van der Waals surface area contributed by atoms with E-state index in [1.807, 2.05) is 66.7 Å². The number of carbonyl (C=O) groups excluding carboxylic acids is 1. The van der Waals surface area contributed by atoms with Gasteiger partial charge in [0.25, 0.3) is 5.91 Å². The van der Waals surface area contributed by atoms with Gasteiger partial charge in [0.1, 0.15) is 22.9 Å². The second-order valence-electron chi connectivity index (χ2n) is 7.17. The SMILES string of the molecule is COc1ccc(C=C2N=C(SCCOc3ccccc3Cl)N(c3cccc(OC)c3)C2=O)cc1. The van der Waals surface area contributed by atoms with Gasteiger partial charge in [-0.3, -0.25) is 9.69 Å². The summed E-state index contributed by atoms with van der Waals surface area (Å²) in [6.45, 7) is 0.408. The number of anilines is 1. The van der Waals surface area contributed by atoms with Gasteiger partial charge in [0.05, 0.1) is 31.5 Å². The van der Waals surface area contributed by atoms with Crippen LogP contribution in [0.1, 0.15) is 5.56 Å². The summed E-state index contributed by atoms with van der Waals surface area (Å²) in [7, 11) is 3.21. The molecule has 3 aromatic rings. The molecule has 0 atom stereocenters. The maximum atomic E-state index is 13.4. The standard InChI is InChI=1S/C26H23ClN2O4S/c1-31-20-12-10-18(11-13-20)16-23-25(30)29(19-6-5-7-21(17-19)32-2)26(28-23)34-15-14-33-24-9-4-3-8-22(24)27/h3-13,16-17H,14-15H2,1-2H3. The molecule has 6 nitrogen and oxygen atoms in total. The van der Waals surface area contributed by atoms with E-state index in [4.69, 9.17) is 25.8 Å². The zero-order valence-corrected chi connectivity index (χ0v) is 20.3. The van der Waals surface area contributed by atoms with Crippen LogP contribution < -0.4 is 19.1 Å². The highest BCUT2D eigenvalue weighted by Gasteiger charge is 2.32. The lowest BCUT2D eigenvalue weighted by atomic mass is 10.2. The number of thioether (sulfide) groups is 1. The van der Waals surface area contributed by atoms with Gasteiger partial charge >= 0.3 is 0 Å². The lowest BCUT2D eigenvalue weighted by Gasteiger charge is -2.18. The highest BCUT2D eigenvalue weighted by atomic mass is 35.5. The molecule has 1 amide bonds. The fourth-order valence-corrected chi connectivity index (χ4v) is 4.29. The number of para-hydroxylation sites is 1. The Hall–Kier alpha value is -3.42. The van der Waals surface area contributed by atoms with E-state index in [1.165, 1.54) is 11.8 Å². The highest BCUT2D eigenvalue weighted by Crippen LogP contribution is 2.32. The first-order chi connectivity index (χ1) is 16.6. The zero-order chi connectivity index (χ0) is 23.9. The summed E-state index contributed by atoms with van der Waals surface area (Å²) in [6.07, 6.45) is 1.77. The van der Waals surface area contributed by atoms with E-state index in [1.54, 1.807) is 31.3 Å². The second kappa shape index (κ2) is 11.1. The van der Waals surface area contributed by atoms with Gasteiger partial charge in [0, 0.05) is 11.8 Å². The molecule has 1 heterocycles. The molecule has 4 rings (SSSR count). The van der Waals surface area contributed by atoms with Crippen molar-refractivity contribution >= 4 is 46.2 Å². The largest absolute Gasteiger partial charge is 0.497 e. The normalized spacial score (nSPS) is 14.3. The Bertz CT molecular complexity index is 1230. The maximum Gasteiger partial charge on any atom is 0.283 e. The van der Waals surface area contributed by atoms with Crippen LogP contribution in [-0.4, -0.2) is 37.7 Å². The Kier molecular flexibility index (Phi) is 7.77. The monoisotopic (exact) mass is 494 g/mol. The number of aliphatic imine (C=N–C) groups is 1. The number of amidine groups is 1. The van der Waals surface area contributed by atoms with Gasteiger partial charge in [-0.05, 0) is 48.0 Å². The number of halogens is 1. The number of rotatable bonds is 8. The van der Waals surface area contributed by atoms with Gasteiger partial charge < -0.3 is 14.2 Å². The van der Waals surface area contributed by atoms with Gasteiger partial charge in [0.15, 0.2) is 5.17 Å². The Labute approximate surface area is 207 Å². The number of methoxy groups -OCH3 is 2. The van der Waals surface area contributed by atoms with Crippen molar-refractivity contribution in [3.05, 3.63) is 89.1 Å². The molecule has 0 bridgehead atoms. The van der Waals surface area contributed by atoms with Crippen LogP contribution in [0.25, 0.3) is 6.08 Å². The average Bonchev–Trinajstić information content (AvgIpc) is 3.18.